The third-order valence-electron chi connectivity index (χ3n) is 3.37. The smallest absolute Gasteiger partial charge is 0.230 e. The molecule has 0 unspecified atom stereocenters. The summed E-state index contributed by atoms with van der Waals surface area (Å²) in [5.41, 5.74) is 3.43. The second-order valence-electron chi connectivity index (χ2n) is 5.36. The molecule has 6 heteroatoms. The van der Waals surface area contributed by atoms with Gasteiger partial charge in [-0.25, -0.2) is 4.98 Å². The van der Waals surface area contributed by atoms with Crippen LogP contribution in [0.25, 0.3) is 10.6 Å². The first kappa shape index (κ1) is 17.2. The van der Waals surface area contributed by atoms with Gasteiger partial charge in [0.1, 0.15) is 5.01 Å². The quantitative estimate of drug-likeness (QED) is 0.650. The zero-order chi connectivity index (χ0) is 16.8. The lowest BCUT2D eigenvalue weighted by molar-refractivity contribution is -0.118. The predicted octanol–water partition coefficient (Wildman–Crippen LogP) is 4.73. The molecule has 3 nitrogen and oxygen atoms in total. The zero-order valence-corrected chi connectivity index (χ0v) is 15.8. The molecule has 24 heavy (non-hydrogen) atoms. The largest absolute Gasteiger partial charge is 0.350 e. The van der Waals surface area contributed by atoms with Crippen molar-refractivity contribution in [3.63, 3.8) is 0 Å². The number of thiazole rings is 1. The highest BCUT2D eigenvalue weighted by molar-refractivity contribution is 7.99. The third kappa shape index (κ3) is 4.93. The maximum Gasteiger partial charge on any atom is 0.230 e. The number of hydrogen-bond donors (Lipinski definition) is 1. The topological polar surface area (TPSA) is 42.0 Å². The van der Waals surface area contributed by atoms with Crippen molar-refractivity contribution in [3.8, 4) is 10.6 Å². The molecule has 2 aromatic heterocycles. The molecule has 0 aliphatic heterocycles. The van der Waals surface area contributed by atoms with E-state index in [1.54, 1.807) is 34.4 Å². The van der Waals surface area contributed by atoms with Crippen LogP contribution in [-0.4, -0.2) is 16.6 Å². The first-order chi connectivity index (χ1) is 11.7. The van der Waals surface area contributed by atoms with E-state index in [2.05, 4.69) is 46.9 Å². The Hall–Kier alpha value is -1.63. The van der Waals surface area contributed by atoms with E-state index in [9.17, 15) is 4.79 Å². The number of aryl methyl sites for hydroxylation is 1. The van der Waals surface area contributed by atoms with Crippen molar-refractivity contribution < 1.29 is 4.79 Å². The minimum atomic E-state index is 0.0717. The average molecular weight is 375 g/mol. The summed E-state index contributed by atoms with van der Waals surface area (Å²) >= 11 is 4.91. The lowest BCUT2D eigenvalue weighted by Crippen LogP contribution is -2.24. The van der Waals surface area contributed by atoms with E-state index in [1.807, 2.05) is 17.5 Å². The first-order valence-corrected chi connectivity index (χ1v) is 10.5. The molecule has 0 radical (unpaired) electrons. The van der Waals surface area contributed by atoms with Crippen LogP contribution in [0, 0.1) is 6.92 Å². The minimum Gasteiger partial charge on any atom is -0.350 e. The van der Waals surface area contributed by atoms with Crippen LogP contribution in [0.2, 0.25) is 0 Å². The van der Waals surface area contributed by atoms with Gasteiger partial charge in [0, 0.05) is 21.6 Å². The molecule has 0 atom stereocenters. The van der Waals surface area contributed by atoms with E-state index in [1.165, 1.54) is 10.4 Å². The van der Waals surface area contributed by atoms with E-state index < -0.39 is 0 Å². The Morgan fingerprint density at radius 2 is 2.04 bits per heavy atom. The van der Waals surface area contributed by atoms with Crippen LogP contribution in [0.4, 0.5) is 0 Å². The van der Waals surface area contributed by atoms with Crippen LogP contribution in [-0.2, 0) is 17.1 Å². The van der Waals surface area contributed by atoms with Gasteiger partial charge in [0.15, 0.2) is 0 Å². The summed E-state index contributed by atoms with van der Waals surface area (Å²) in [4.78, 5) is 17.7. The van der Waals surface area contributed by atoms with Crippen molar-refractivity contribution in [2.45, 2.75) is 19.2 Å². The third-order valence-corrected chi connectivity index (χ3v) is 6.16. The average Bonchev–Trinajstić information content (AvgIpc) is 3.25. The number of carbonyl (C=O) groups is 1. The van der Waals surface area contributed by atoms with Crippen molar-refractivity contribution in [1.82, 2.24) is 10.3 Å². The van der Waals surface area contributed by atoms with E-state index in [0.717, 1.165) is 22.0 Å². The van der Waals surface area contributed by atoms with Gasteiger partial charge in [-0.3, -0.25) is 4.79 Å². The van der Waals surface area contributed by atoms with Gasteiger partial charge in [-0.15, -0.1) is 34.4 Å². The van der Waals surface area contributed by atoms with Crippen molar-refractivity contribution in [2.24, 2.45) is 0 Å². The number of hydrogen-bond acceptors (Lipinski definition) is 5. The minimum absolute atomic E-state index is 0.0717. The molecule has 2 heterocycles. The molecule has 3 rings (SSSR count). The SMILES string of the molecule is Cc1ccc(-c2nc(CSCC(=O)NCc3cccs3)cs2)cc1. The molecule has 0 saturated heterocycles. The molecule has 0 bridgehead atoms. The molecule has 0 saturated carbocycles. The number of nitrogens with one attached hydrogen (secondary N) is 1. The van der Waals surface area contributed by atoms with Gasteiger partial charge < -0.3 is 5.32 Å². The molecular formula is C18H18N2OS3. The summed E-state index contributed by atoms with van der Waals surface area (Å²) in [6, 6.07) is 12.4. The summed E-state index contributed by atoms with van der Waals surface area (Å²) in [5, 5.41) is 8.07. The molecule has 124 valence electrons. The predicted molar refractivity (Wildman–Crippen MR) is 105 cm³/mol. The second kappa shape index (κ2) is 8.46. The van der Waals surface area contributed by atoms with E-state index in [4.69, 9.17) is 0 Å². The first-order valence-electron chi connectivity index (χ1n) is 7.59. The summed E-state index contributed by atoms with van der Waals surface area (Å²) < 4.78 is 0. The Bertz CT molecular complexity index is 779. The normalized spacial score (nSPS) is 10.7. The number of rotatable bonds is 7. The van der Waals surface area contributed by atoms with Crippen molar-refractivity contribution in [1.29, 1.82) is 0 Å². The molecule has 1 amide bonds. The van der Waals surface area contributed by atoms with Gasteiger partial charge in [0.05, 0.1) is 18.0 Å². The van der Waals surface area contributed by atoms with Crippen LogP contribution in [0.15, 0.2) is 47.2 Å². The number of carbonyl (C=O) groups excluding carboxylic acids is 1. The molecule has 3 aromatic rings. The maximum absolute atomic E-state index is 11.8. The number of benzene rings is 1. The molecule has 0 fully saturated rings. The Labute approximate surface area is 154 Å². The van der Waals surface area contributed by atoms with Gasteiger partial charge in [0.2, 0.25) is 5.91 Å². The van der Waals surface area contributed by atoms with Gasteiger partial charge in [-0.1, -0.05) is 35.9 Å². The lowest BCUT2D eigenvalue weighted by Gasteiger charge is -2.02. The molecule has 0 aliphatic carbocycles. The fourth-order valence-electron chi connectivity index (χ4n) is 2.10. The summed E-state index contributed by atoms with van der Waals surface area (Å²) in [5.74, 6) is 1.29. The fraction of sp³-hybridized carbons (Fsp3) is 0.222. The molecule has 1 N–H and O–H groups in total. The molecule has 1 aromatic carbocycles. The molecular weight excluding hydrogens is 356 g/mol. The monoisotopic (exact) mass is 374 g/mol. The number of thiophene rings is 1. The number of nitrogens with zero attached hydrogens (tertiary/aromatic N) is 1. The standard InChI is InChI=1S/C18H18N2OS3/c1-13-4-6-14(7-5-13)18-20-15(11-24-18)10-22-12-17(21)19-9-16-3-2-8-23-16/h2-8,11H,9-10,12H2,1H3,(H,19,21). The Morgan fingerprint density at radius 3 is 2.79 bits per heavy atom. The Kier molecular flexibility index (Phi) is 6.07. The Morgan fingerprint density at radius 1 is 1.21 bits per heavy atom. The zero-order valence-electron chi connectivity index (χ0n) is 13.3. The van der Waals surface area contributed by atoms with Crippen molar-refractivity contribution in [3.05, 3.63) is 63.3 Å². The van der Waals surface area contributed by atoms with E-state index in [-0.39, 0.29) is 5.91 Å². The number of amides is 1. The number of thioether (sulfide) groups is 1. The van der Waals surface area contributed by atoms with Crippen LogP contribution in [0.1, 0.15) is 16.1 Å². The van der Waals surface area contributed by atoms with Crippen molar-refractivity contribution in [2.75, 3.05) is 5.75 Å². The van der Waals surface area contributed by atoms with Crippen molar-refractivity contribution >= 4 is 40.3 Å². The summed E-state index contributed by atoms with van der Waals surface area (Å²) in [6.07, 6.45) is 0. The Balaban J connectivity index is 1.43. The molecule has 0 aliphatic rings. The van der Waals surface area contributed by atoms with Gasteiger partial charge >= 0.3 is 0 Å². The van der Waals surface area contributed by atoms with E-state index in [0.29, 0.717) is 12.3 Å². The highest BCUT2D eigenvalue weighted by atomic mass is 32.2. The molecule has 0 spiro atoms. The number of aromatic nitrogens is 1. The highest BCUT2D eigenvalue weighted by Gasteiger charge is 2.07. The second-order valence-corrected chi connectivity index (χ2v) is 8.23. The van der Waals surface area contributed by atoms with E-state index >= 15 is 0 Å². The lowest BCUT2D eigenvalue weighted by atomic mass is 10.2. The highest BCUT2D eigenvalue weighted by Crippen LogP contribution is 2.25. The van der Waals surface area contributed by atoms with Crippen LogP contribution < -0.4 is 5.32 Å². The fourth-order valence-corrected chi connectivity index (χ4v) is 4.42. The van der Waals surface area contributed by atoms with Gasteiger partial charge in [0.25, 0.3) is 0 Å². The van der Waals surface area contributed by atoms with Crippen LogP contribution in [0.5, 0.6) is 0 Å². The van der Waals surface area contributed by atoms with Gasteiger partial charge in [-0.05, 0) is 18.4 Å². The van der Waals surface area contributed by atoms with Crippen LogP contribution >= 0.6 is 34.4 Å². The summed E-state index contributed by atoms with van der Waals surface area (Å²) in [7, 11) is 0. The van der Waals surface area contributed by atoms with Gasteiger partial charge in [-0.2, -0.15) is 0 Å². The van der Waals surface area contributed by atoms with Crippen LogP contribution in [0.3, 0.4) is 0 Å². The maximum atomic E-state index is 11.8. The summed E-state index contributed by atoms with van der Waals surface area (Å²) in [6.45, 7) is 2.70.